The number of aryl methyl sites for hydroxylation is 3. The second kappa shape index (κ2) is 7.59. The van der Waals surface area contributed by atoms with Crippen molar-refractivity contribution in [1.82, 2.24) is 5.32 Å². The first kappa shape index (κ1) is 19.8. The van der Waals surface area contributed by atoms with Gasteiger partial charge >= 0.3 is 6.03 Å². The summed E-state index contributed by atoms with van der Waals surface area (Å²) >= 11 is 3.37. The Kier molecular flexibility index (Phi) is 5.38. The Bertz CT molecular complexity index is 1020. The highest BCUT2D eigenvalue weighted by molar-refractivity contribution is 9.10. The topological polar surface area (TPSA) is 75.7 Å². The number of anilines is 1. The van der Waals surface area contributed by atoms with Gasteiger partial charge in [0.05, 0.1) is 12.8 Å². The molecule has 4 amide bonds. The summed E-state index contributed by atoms with van der Waals surface area (Å²) < 4.78 is 6.07. The second-order valence-corrected chi connectivity index (χ2v) is 7.51. The summed E-state index contributed by atoms with van der Waals surface area (Å²) in [6.07, 6.45) is 1.43. The lowest BCUT2D eigenvalue weighted by molar-refractivity contribution is -0.122. The maximum absolute atomic E-state index is 13.1. The van der Waals surface area contributed by atoms with E-state index < -0.39 is 17.8 Å². The number of hydrogen-bond donors (Lipinski definition) is 1. The number of amides is 4. The number of imide groups is 2. The molecule has 0 aliphatic carbocycles. The van der Waals surface area contributed by atoms with Gasteiger partial charge in [-0.3, -0.25) is 14.9 Å². The molecule has 1 heterocycles. The molecule has 28 heavy (non-hydrogen) atoms. The molecule has 1 aliphatic rings. The number of nitrogens with zero attached hydrogens (tertiary/aromatic N) is 1. The zero-order valence-corrected chi connectivity index (χ0v) is 17.5. The Labute approximate surface area is 171 Å². The average Bonchev–Trinajstić information content (AvgIpc) is 2.60. The zero-order chi connectivity index (χ0) is 20.6. The summed E-state index contributed by atoms with van der Waals surface area (Å²) in [4.78, 5) is 39.1. The number of barbiturate groups is 1. The minimum Gasteiger partial charge on any atom is -0.496 e. The maximum Gasteiger partial charge on any atom is 0.335 e. The molecule has 1 fully saturated rings. The Morgan fingerprint density at radius 3 is 2.29 bits per heavy atom. The third-order valence-electron chi connectivity index (χ3n) is 4.45. The molecule has 7 heteroatoms. The molecule has 1 saturated heterocycles. The molecule has 144 valence electrons. The summed E-state index contributed by atoms with van der Waals surface area (Å²) in [6.45, 7) is 5.59. The van der Waals surface area contributed by atoms with E-state index in [0.717, 1.165) is 26.1 Å². The number of carbonyl (C=O) groups is 3. The zero-order valence-electron chi connectivity index (χ0n) is 15.9. The van der Waals surface area contributed by atoms with Crippen molar-refractivity contribution in [2.45, 2.75) is 20.8 Å². The predicted octanol–water partition coefficient (Wildman–Crippen LogP) is 4.05. The summed E-state index contributed by atoms with van der Waals surface area (Å²) in [5.74, 6) is -0.913. The standard InChI is InChI=1S/C21H19BrN2O4/c1-11-7-12(2)18(13(3)8-11)24-20(26)16(19(25)23-21(24)27)10-14-9-15(22)5-6-17(14)28-4/h5-10H,1-4H3,(H,23,25,27)/b16-10+. The number of methoxy groups -OCH3 is 1. The lowest BCUT2D eigenvalue weighted by Crippen LogP contribution is -2.54. The summed E-state index contributed by atoms with van der Waals surface area (Å²) in [6, 6.07) is 8.26. The minimum atomic E-state index is -0.761. The van der Waals surface area contributed by atoms with Crippen LogP contribution in [-0.2, 0) is 9.59 Å². The largest absolute Gasteiger partial charge is 0.496 e. The van der Waals surface area contributed by atoms with Crippen LogP contribution in [-0.4, -0.2) is 25.0 Å². The molecule has 6 nitrogen and oxygen atoms in total. The van der Waals surface area contributed by atoms with Crippen LogP contribution in [0.25, 0.3) is 6.08 Å². The molecule has 0 saturated carbocycles. The monoisotopic (exact) mass is 442 g/mol. The van der Waals surface area contributed by atoms with Crippen molar-refractivity contribution in [1.29, 1.82) is 0 Å². The van der Waals surface area contributed by atoms with Gasteiger partial charge in [0.25, 0.3) is 11.8 Å². The van der Waals surface area contributed by atoms with E-state index in [4.69, 9.17) is 4.74 Å². The normalized spacial score (nSPS) is 15.8. The number of ether oxygens (including phenoxy) is 1. The Balaban J connectivity index is 2.13. The highest BCUT2D eigenvalue weighted by Crippen LogP contribution is 2.31. The number of hydrogen-bond acceptors (Lipinski definition) is 4. The van der Waals surface area contributed by atoms with Crippen LogP contribution >= 0.6 is 15.9 Å². The predicted molar refractivity (Wildman–Crippen MR) is 110 cm³/mol. The van der Waals surface area contributed by atoms with Crippen LogP contribution in [0.15, 0.2) is 40.4 Å². The minimum absolute atomic E-state index is 0.143. The SMILES string of the molecule is COc1ccc(Br)cc1/C=C1\C(=O)NC(=O)N(c2c(C)cc(C)cc2C)C1=O. The fourth-order valence-corrected chi connectivity index (χ4v) is 3.74. The molecule has 0 unspecified atom stereocenters. The number of rotatable bonds is 3. The second-order valence-electron chi connectivity index (χ2n) is 6.59. The number of carbonyl (C=O) groups excluding carboxylic acids is 3. The smallest absolute Gasteiger partial charge is 0.335 e. The first-order chi connectivity index (χ1) is 13.2. The first-order valence-electron chi connectivity index (χ1n) is 8.55. The third-order valence-corrected chi connectivity index (χ3v) is 4.95. The van der Waals surface area contributed by atoms with Crippen LogP contribution in [0.3, 0.4) is 0 Å². The van der Waals surface area contributed by atoms with Crippen molar-refractivity contribution in [3.05, 3.63) is 62.6 Å². The van der Waals surface area contributed by atoms with Gasteiger partial charge in [0.1, 0.15) is 11.3 Å². The van der Waals surface area contributed by atoms with Crippen LogP contribution in [0, 0.1) is 20.8 Å². The highest BCUT2D eigenvalue weighted by Gasteiger charge is 2.38. The molecular weight excluding hydrogens is 424 g/mol. The van der Waals surface area contributed by atoms with Gasteiger partial charge in [0, 0.05) is 10.0 Å². The summed E-state index contributed by atoms with van der Waals surface area (Å²) in [5.41, 5.74) is 3.45. The van der Waals surface area contributed by atoms with Gasteiger partial charge < -0.3 is 4.74 Å². The molecule has 1 N–H and O–H groups in total. The van der Waals surface area contributed by atoms with E-state index in [1.54, 1.807) is 18.2 Å². The van der Waals surface area contributed by atoms with Gasteiger partial charge in [0.2, 0.25) is 0 Å². The average molecular weight is 443 g/mol. The molecular formula is C21H19BrN2O4. The van der Waals surface area contributed by atoms with Gasteiger partial charge in [-0.25, -0.2) is 9.69 Å². The van der Waals surface area contributed by atoms with Crippen molar-refractivity contribution in [3.63, 3.8) is 0 Å². The van der Waals surface area contributed by atoms with Crippen molar-refractivity contribution in [2.75, 3.05) is 12.0 Å². The van der Waals surface area contributed by atoms with Gasteiger partial charge in [0.15, 0.2) is 0 Å². The number of halogens is 1. The van der Waals surface area contributed by atoms with E-state index in [0.29, 0.717) is 17.0 Å². The van der Waals surface area contributed by atoms with E-state index in [9.17, 15) is 14.4 Å². The van der Waals surface area contributed by atoms with Gasteiger partial charge in [-0.2, -0.15) is 0 Å². The quantitative estimate of drug-likeness (QED) is 0.574. The maximum atomic E-state index is 13.1. The Morgan fingerprint density at radius 1 is 1.04 bits per heavy atom. The van der Waals surface area contributed by atoms with E-state index in [1.165, 1.54) is 13.2 Å². The van der Waals surface area contributed by atoms with Gasteiger partial charge in [-0.15, -0.1) is 0 Å². The lowest BCUT2D eigenvalue weighted by atomic mass is 10.0. The summed E-state index contributed by atoms with van der Waals surface area (Å²) in [7, 11) is 1.50. The number of urea groups is 1. The van der Waals surface area contributed by atoms with Crippen LogP contribution in [0.5, 0.6) is 5.75 Å². The molecule has 3 rings (SSSR count). The lowest BCUT2D eigenvalue weighted by Gasteiger charge is -2.29. The van der Waals surface area contributed by atoms with Crippen molar-refractivity contribution in [2.24, 2.45) is 0 Å². The molecule has 0 atom stereocenters. The fraction of sp³-hybridized carbons (Fsp3) is 0.190. The first-order valence-corrected chi connectivity index (χ1v) is 9.35. The van der Waals surface area contributed by atoms with Crippen LogP contribution in [0.4, 0.5) is 10.5 Å². The van der Waals surface area contributed by atoms with Gasteiger partial charge in [-0.1, -0.05) is 33.6 Å². The molecule has 1 aliphatic heterocycles. The third kappa shape index (κ3) is 3.57. The molecule has 0 spiro atoms. The highest BCUT2D eigenvalue weighted by atomic mass is 79.9. The van der Waals surface area contributed by atoms with Crippen LogP contribution in [0.1, 0.15) is 22.3 Å². The number of benzene rings is 2. The van der Waals surface area contributed by atoms with Crippen LogP contribution < -0.4 is 15.0 Å². The summed E-state index contributed by atoms with van der Waals surface area (Å²) in [5, 5.41) is 2.26. The molecule has 0 bridgehead atoms. The Hall–Kier alpha value is -2.93. The van der Waals surface area contributed by atoms with Crippen molar-refractivity contribution >= 4 is 45.5 Å². The van der Waals surface area contributed by atoms with E-state index >= 15 is 0 Å². The van der Waals surface area contributed by atoms with Crippen LogP contribution in [0.2, 0.25) is 0 Å². The number of nitrogens with one attached hydrogen (secondary N) is 1. The van der Waals surface area contributed by atoms with Gasteiger partial charge in [-0.05, 0) is 56.2 Å². The molecule has 2 aromatic rings. The van der Waals surface area contributed by atoms with E-state index in [1.807, 2.05) is 32.9 Å². The Morgan fingerprint density at radius 2 is 1.68 bits per heavy atom. The molecule has 0 aromatic heterocycles. The molecule has 0 radical (unpaired) electrons. The fourth-order valence-electron chi connectivity index (χ4n) is 3.36. The van der Waals surface area contributed by atoms with E-state index in [2.05, 4.69) is 21.2 Å². The van der Waals surface area contributed by atoms with Crippen molar-refractivity contribution < 1.29 is 19.1 Å². The van der Waals surface area contributed by atoms with Crippen molar-refractivity contribution in [3.8, 4) is 5.75 Å². The molecule has 2 aromatic carbocycles. The van der Waals surface area contributed by atoms with E-state index in [-0.39, 0.29) is 5.57 Å².